The first-order chi connectivity index (χ1) is 19.5. The summed E-state index contributed by atoms with van der Waals surface area (Å²) in [5.41, 5.74) is 1.71. The fourth-order valence-corrected chi connectivity index (χ4v) is 8.04. The fourth-order valence-electron chi connectivity index (χ4n) is 6.49. The Bertz CT molecular complexity index is 1290. The molecule has 0 saturated carbocycles. The van der Waals surface area contributed by atoms with E-state index in [9.17, 15) is 9.59 Å². The van der Waals surface area contributed by atoms with Crippen molar-refractivity contribution in [1.29, 1.82) is 0 Å². The molecule has 8 heteroatoms. The van der Waals surface area contributed by atoms with Gasteiger partial charge in [-0.3, -0.25) is 4.79 Å². The molecule has 2 aliphatic rings. The van der Waals surface area contributed by atoms with E-state index in [1.54, 1.807) is 14.2 Å². The van der Waals surface area contributed by atoms with Crippen molar-refractivity contribution in [2.24, 2.45) is 5.92 Å². The maximum Gasteiger partial charge on any atom is 0.315 e. The lowest BCUT2D eigenvalue weighted by molar-refractivity contribution is -0.147. The molecule has 2 N–H and O–H groups in total. The van der Waals surface area contributed by atoms with Crippen molar-refractivity contribution in [3.8, 4) is 11.5 Å². The molecule has 0 aromatic heterocycles. The minimum absolute atomic E-state index is 0.0943. The molecular weight excluding hydrogens is 524 g/mol. The molecule has 0 aliphatic carbocycles. The standard InChI is InChI=1S/C32H36N2O5S/c1-37-26-17-9-7-14-22(26)32(21-12-5-4-6-13-21,23-15-8-10-18-27(23)38-2)24(30(35)39-3)16-11-19-28-29-25(20-40-28)33-31(36)34-29/h4-10,12-15,17-18,24-25,28-29H,11,16,19-20H2,1-3H3,(H2,33,34,36)/t24?,25-,28-,29-/m0/s1. The van der Waals surface area contributed by atoms with E-state index in [1.807, 2.05) is 78.5 Å². The number of rotatable bonds is 11. The molecule has 210 valence electrons. The second-order valence-electron chi connectivity index (χ2n) is 10.2. The third kappa shape index (κ3) is 5.01. The zero-order valence-corrected chi connectivity index (χ0v) is 23.9. The van der Waals surface area contributed by atoms with Crippen molar-refractivity contribution in [1.82, 2.24) is 10.6 Å². The van der Waals surface area contributed by atoms with Crippen LogP contribution in [0.2, 0.25) is 0 Å². The molecule has 2 heterocycles. The average molecular weight is 561 g/mol. The summed E-state index contributed by atoms with van der Waals surface area (Å²) in [6.45, 7) is 0. The number of esters is 1. The molecule has 0 radical (unpaired) electrons. The fraction of sp³-hybridized carbons (Fsp3) is 0.375. The molecule has 2 saturated heterocycles. The monoisotopic (exact) mass is 560 g/mol. The molecule has 0 spiro atoms. The van der Waals surface area contributed by atoms with Gasteiger partial charge in [-0.2, -0.15) is 11.8 Å². The SMILES string of the molecule is COC(=O)C(CCC[C@@H]1SC[C@@H]2NC(=O)N[C@@H]21)C(c1ccccc1)(c1ccccc1OC)c1ccccc1OC. The topological polar surface area (TPSA) is 85.9 Å². The van der Waals surface area contributed by atoms with Crippen LogP contribution in [0.15, 0.2) is 78.9 Å². The summed E-state index contributed by atoms with van der Waals surface area (Å²) in [5.74, 6) is 1.37. The summed E-state index contributed by atoms with van der Waals surface area (Å²) in [4.78, 5) is 25.9. The summed E-state index contributed by atoms with van der Waals surface area (Å²) in [5, 5.41) is 6.38. The van der Waals surface area contributed by atoms with Crippen LogP contribution in [0.4, 0.5) is 4.79 Å². The number of fused-ring (bicyclic) bond motifs is 1. The van der Waals surface area contributed by atoms with E-state index in [0.717, 1.165) is 35.3 Å². The number of hydrogen-bond donors (Lipinski definition) is 2. The van der Waals surface area contributed by atoms with Gasteiger partial charge in [0.1, 0.15) is 11.5 Å². The molecule has 4 atom stereocenters. The Hall–Kier alpha value is -3.65. The molecule has 1 unspecified atom stereocenters. The Morgan fingerprint density at radius 3 is 2.10 bits per heavy atom. The predicted octanol–water partition coefficient (Wildman–Crippen LogP) is 5.16. The summed E-state index contributed by atoms with van der Waals surface area (Å²) in [6.07, 6.45) is 2.20. The number of amides is 2. The molecule has 0 bridgehead atoms. The first-order valence-electron chi connectivity index (χ1n) is 13.6. The molecule has 7 nitrogen and oxygen atoms in total. The van der Waals surface area contributed by atoms with Gasteiger partial charge in [0.15, 0.2) is 0 Å². The minimum atomic E-state index is -0.970. The van der Waals surface area contributed by atoms with Gasteiger partial charge in [-0.1, -0.05) is 73.2 Å². The first kappa shape index (κ1) is 27.9. The van der Waals surface area contributed by atoms with Crippen LogP contribution in [-0.2, 0) is 14.9 Å². The minimum Gasteiger partial charge on any atom is -0.496 e. The number of methoxy groups -OCH3 is 3. The van der Waals surface area contributed by atoms with E-state index in [4.69, 9.17) is 14.2 Å². The van der Waals surface area contributed by atoms with Gasteiger partial charge in [-0.15, -0.1) is 0 Å². The number of para-hydroxylation sites is 2. The molecule has 3 aromatic carbocycles. The first-order valence-corrected chi connectivity index (χ1v) is 14.7. The molecule has 5 rings (SSSR count). The lowest BCUT2D eigenvalue weighted by Gasteiger charge is -2.42. The van der Waals surface area contributed by atoms with Crippen LogP contribution in [0.1, 0.15) is 36.0 Å². The highest BCUT2D eigenvalue weighted by atomic mass is 32.2. The van der Waals surface area contributed by atoms with E-state index >= 15 is 0 Å². The highest BCUT2D eigenvalue weighted by Crippen LogP contribution is 2.53. The lowest BCUT2D eigenvalue weighted by atomic mass is 9.60. The van der Waals surface area contributed by atoms with Gasteiger partial charge >= 0.3 is 12.0 Å². The number of ether oxygens (including phenoxy) is 3. The molecule has 2 amide bonds. The van der Waals surface area contributed by atoms with E-state index in [1.165, 1.54) is 7.11 Å². The Kier molecular flexibility index (Phi) is 8.54. The van der Waals surface area contributed by atoms with Gasteiger partial charge in [0.2, 0.25) is 0 Å². The number of hydrogen-bond acceptors (Lipinski definition) is 6. The van der Waals surface area contributed by atoms with E-state index < -0.39 is 11.3 Å². The highest BCUT2D eigenvalue weighted by Gasteiger charge is 2.51. The van der Waals surface area contributed by atoms with Crippen LogP contribution in [0, 0.1) is 5.92 Å². The zero-order valence-electron chi connectivity index (χ0n) is 23.1. The maximum atomic E-state index is 14.0. The summed E-state index contributed by atoms with van der Waals surface area (Å²) >= 11 is 1.88. The van der Waals surface area contributed by atoms with Crippen molar-refractivity contribution in [3.05, 3.63) is 95.6 Å². The van der Waals surface area contributed by atoms with Gasteiger partial charge in [-0.05, 0) is 30.5 Å². The lowest BCUT2D eigenvalue weighted by Crippen LogP contribution is -2.43. The Balaban J connectivity index is 1.65. The summed E-state index contributed by atoms with van der Waals surface area (Å²) < 4.78 is 17.4. The third-order valence-corrected chi connectivity index (χ3v) is 9.73. The second kappa shape index (κ2) is 12.3. The van der Waals surface area contributed by atoms with E-state index in [-0.39, 0.29) is 29.3 Å². The molecular formula is C32H36N2O5S. The quantitative estimate of drug-likeness (QED) is 0.191. The smallest absolute Gasteiger partial charge is 0.315 e. The second-order valence-corrected chi connectivity index (χ2v) is 11.5. The molecule has 2 aliphatic heterocycles. The van der Waals surface area contributed by atoms with Crippen LogP contribution >= 0.6 is 11.8 Å². The van der Waals surface area contributed by atoms with Gasteiger partial charge in [0, 0.05) is 22.1 Å². The molecule has 40 heavy (non-hydrogen) atoms. The number of carbonyl (C=O) groups excluding carboxylic acids is 2. The third-order valence-electron chi connectivity index (χ3n) is 8.22. The van der Waals surface area contributed by atoms with Crippen LogP contribution in [0.25, 0.3) is 0 Å². The maximum absolute atomic E-state index is 14.0. The number of carbonyl (C=O) groups is 2. The van der Waals surface area contributed by atoms with Crippen molar-refractivity contribution in [2.45, 2.75) is 42.0 Å². The predicted molar refractivity (Wildman–Crippen MR) is 157 cm³/mol. The van der Waals surface area contributed by atoms with Crippen molar-refractivity contribution in [3.63, 3.8) is 0 Å². The molecule has 2 fully saturated rings. The largest absolute Gasteiger partial charge is 0.496 e. The van der Waals surface area contributed by atoms with Crippen LogP contribution in [0.3, 0.4) is 0 Å². The van der Waals surface area contributed by atoms with Crippen LogP contribution in [0.5, 0.6) is 11.5 Å². The van der Waals surface area contributed by atoms with Gasteiger partial charge < -0.3 is 24.8 Å². The van der Waals surface area contributed by atoms with Crippen molar-refractivity contribution in [2.75, 3.05) is 27.1 Å². The number of thioether (sulfide) groups is 1. The Morgan fingerprint density at radius 1 is 0.900 bits per heavy atom. The summed E-state index contributed by atoms with van der Waals surface area (Å²) in [6, 6.07) is 26.0. The van der Waals surface area contributed by atoms with Gasteiger partial charge in [-0.25, -0.2) is 4.79 Å². The average Bonchev–Trinajstić information content (AvgIpc) is 3.56. The Labute approximate surface area is 240 Å². The normalized spacial score (nSPS) is 20.7. The summed E-state index contributed by atoms with van der Waals surface area (Å²) in [7, 11) is 4.76. The van der Waals surface area contributed by atoms with E-state index in [0.29, 0.717) is 17.9 Å². The highest BCUT2D eigenvalue weighted by molar-refractivity contribution is 8.00. The van der Waals surface area contributed by atoms with Crippen molar-refractivity contribution >= 4 is 23.8 Å². The number of benzene rings is 3. The zero-order chi connectivity index (χ0) is 28.1. The molecule has 3 aromatic rings. The number of urea groups is 1. The van der Waals surface area contributed by atoms with E-state index in [2.05, 4.69) is 22.8 Å². The van der Waals surface area contributed by atoms with Crippen LogP contribution in [-0.4, -0.2) is 56.4 Å². The van der Waals surface area contributed by atoms with Crippen molar-refractivity contribution < 1.29 is 23.8 Å². The Morgan fingerprint density at radius 2 is 1.50 bits per heavy atom. The van der Waals surface area contributed by atoms with Gasteiger partial charge in [0.05, 0.1) is 44.7 Å². The number of nitrogens with one attached hydrogen (secondary N) is 2. The van der Waals surface area contributed by atoms with Crippen LogP contribution < -0.4 is 20.1 Å². The van der Waals surface area contributed by atoms with Gasteiger partial charge in [0.25, 0.3) is 0 Å².